The van der Waals surface area contributed by atoms with E-state index in [0.29, 0.717) is 32.0 Å². The first-order chi connectivity index (χ1) is 10.3. The Kier molecular flexibility index (Phi) is 7.65. The van der Waals surface area contributed by atoms with E-state index in [2.05, 4.69) is 5.32 Å². The topological polar surface area (TPSA) is 67.9 Å². The quantitative estimate of drug-likeness (QED) is 0.601. The summed E-state index contributed by atoms with van der Waals surface area (Å²) >= 11 is 0. The van der Waals surface area contributed by atoms with Gasteiger partial charge in [-0.15, -0.1) is 0 Å². The van der Waals surface area contributed by atoms with Gasteiger partial charge in [0.2, 0.25) is 0 Å². The molecule has 0 saturated carbocycles. The minimum absolute atomic E-state index is 0.172. The number of nitrogens with one attached hydrogen (secondary N) is 1. The van der Waals surface area contributed by atoms with Crippen LogP contribution in [0.1, 0.15) is 47.0 Å². The number of piperidine rings is 1. The molecule has 1 aliphatic heterocycles. The summed E-state index contributed by atoms with van der Waals surface area (Å²) < 4.78 is 10.3. The predicted octanol–water partition coefficient (Wildman–Crippen LogP) is 2.18. The first-order valence-corrected chi connectivity index (χ1v) is 8.16. The second-order valence-corrected chi connectivity index (χ2v) is 6.69. The molecule has 0 radical (unpaired) electrons. The van der Waals surface area contributed by atoms with Gasteiger partial charge in [-0.25, -0.2) is 4.79 Å². The maximum Gasteiger partial charge on any atom is 0.410 e. The summed E-state index contributed by atoms with van der Waals surface area (Å²) in [7, 11) is 0. The van der Waals surface area contributed by atoms with E-state index >= 15 is 0 Å². The van der Waals surface area contributed by atoms with Crippen LogP contribution in [0.25, 0.3) is 0 Å². The van der Waals surface area contributed by atoms with Gasteiger partial charge in [0.25, 0.3) is 0 Å². The lowest BCUT2D eigenvalue weighted by Crippen LogP contribution is -2.45. The molecule has 1 fully saturated rings. The molecule has 128 valence electrons. The first-order valence-electron chi connectivity index (χ1n) is 8.16. The highest BCUT2D eigenvalue weighted by molar-refractivity contribution is 5.69. The van der Waals surface area contributed by atoms with E-state index in [4.69, 9.17) is 9.47 Å². The Morgan fingerprint density at radius 2 is 2.05 bits per heavy atom. The molecule has 0 aromatic heterocycles. The summed E-state index contributed by atoms with van der Waals surface area (Å²) in [5, 5.41) is 3.27. The Labute approximate surface area is 133 Å². The summed E-state index contributed by atoms with van der Waals surface area (Å²) in [5.41, 5.74) is -0.456. The van der Waals surface area contributed by atoms with E-state index in [1.54, 1.807) is 11.8 Å². The van der Waals surface area contributed by atoms with Crippen molar-refractivity contribution in [1.82, 2.24) is 10.2 Å². The molecular formula is C16H30N2O4. The number of amides is 1. The second-order valence-electron chi connectivity index (χ2n) is 6.69. The summed E-state index contributed by atoms with van der Waals surface area (Å²) in [6.45, 7) is 10.7. The summed E-state index contributed by atoms with van der Waals surface area (Å²) in [4.78, 5) is 25.1. The van der Waals surface area contributed by atoms with Crippen molar-refractivity contribution in [2.24, 2.45) is 5.92 Å². The van der Waals surface area contributed by atoms with Crippen molar-refractivity contribution in [2.45, 2.75) is 52.6 Å². The van der Waals surface area contributed by atoms with E-state index in [9.17, 15) is 9.59 Å². The minimum atomic E-state index is -0.456. The molecular weight excluding hydrogens is 284 g/mol. The number of esters is 1. The third-order valence-corrected chi connectivity index (χ3v) is 3.41. The van der Waals surface area contributed by atoms with Crippen molar-refractivity contribution in [3.63, 3.8) is 0 Å². The fourth-order valence-electron chi connectivity index (χ4n) is 2.45. The molecule has 6 heteroatoms. The third-order valence-electron chi connectivity index (χ3n) is 3.41. The number of ether oxygens (including phenoxy) is 2. The van der Waals surface area contributed by atoms with Gasteiger partial charge < -0.3 is 19.7 Å². The molecule has 1 saturated heterocycles. The monoisotopic (exact) mass is 314 g/mol. The van der Waals surface area contributed by atoms with Gasteiger partial charge in [-0.05, 0) is 53.0 Å². The molecule has 22 heavy (non-hydrogen) atoms. The zero-order valence-corrected chi connectivity index (χ0v) is 14.3. The Bertz CT molecular complexity index is 366. The molecule has 1 unspecified atom stereocenters. The minimum Gasteiger partial charge on any atom is -0.466 e. The lowest BCUT2D eigenvalue weighted by molar-refractivity contribution is -0.142. The molecule has 1 amide bonds. The van der Waals surface area contributed by atoms with Crippen LogP contribution in [0, 0.1) is 5.92 Å². The van der Waals surface area contributed by atoms with Gasteiger partial charge in [0.05, 0.1) is 13.0 Å². The van der Waals surface area contributed by atoms with Crippen molar-refractivity contribution >= 4 is 12.1 Å². The zero-order valence-electron chi connectivity index (χ0n) is 14.3. The van der Waals surface area contributed by atoms with Gasteiger partial charge in [-0.1, -0.05) is 0 Å². The van der Waals surface area contributed by atoms with Crippen molar-refractivity contribution < 1.29 is 19.1 Å². The number of rotatable bonds is 6. The standard InChI is InChI=1S/C16H30N2O4/c1-5-21-14(19)8-9-17-11-13-7-6-10-18(12-13)15(20)22-16(2,3)4/h13,17H,5-12H2,1-4H3. The van der Waals surface area contributed by atoms with E-state index in [0.717, 1.165) is 25.9 Å². The van der Waals surface area contributed by atoms with Crippen LogP contribution in [0.2, 0.25) is 0 Å². The zero-order chi connectivity index (χ0) is 16.6. The Balaban J connectivity index is 2.26. The lowest BCUT2D eigenvalue weighted by Gasteiger charge is -2.34. The van der Waals surface area contributed by atoms with Crippen molar-refractivity contribution in [2.75, 3.05) is 32.8 Å². The number of hydrogen-bond donors (Lipinski definition) is 1. The Morgan fingerprint density at radius 3 is 2.68 bits per heavy atom. The van der Waals surface area contributed by atoms with Crippen LogP contribution in [-0.4, -0.2) is 55.3 Å². The molecule has 0 bridgehead atoms. The first kappa shape index (κ1) is 18.7. The SMILES string of the molecule is CCOC(=O)CCNCC1CCCN(C(=O)OC(C)(C)C)C1. The van der Waals surface area contributed by atoms with E-state index < -0.39 is 5.60 Å². The largest absolute Gasteiger partial charge is 0.466 e. The van der Waals surface area contributed by atoms with E-state index in [1.165, 1.54) is 0 Å². The summed E-state index contributed by atoms with van der Waals surface area (Å²) in [5.74, 6) is 0.234. The highest BCUT2D eigenvalue weighted by Crippen LogP contribution is 2.18. The fraction of sp³-hybridized carbons (Fsp3) is 0.875. The third kappa shape index (κ3) is 7.64. The molecule has 0 spiro atoms. The molecule has 1 atom stereocenters. The van der Waals surface area contributed by atoms with Crippen LogP contribution in [0.5, 0.6) is 0 Å². The number of nitrogens with zero attached hydrogens (tertiary/aromatic N) is 1. The van der Waals surface area contributed by atoms with Crippen LogP contribution in [0.15, 0.2) is 0 Å². The van der Waals surface area contributed by atoms with E-state index in [1.807, 2.05) is 20.8 Å². The van der Waals surface area contributed by atoms with Crippen LogP contribution < -0.4 is 5.32 Å². The Morgan fingerprint density at radius 1 is 1.32 bits per heavy atom. The van der Waals surface area contributed by atoms with E-state index in [-0.39, 0.29) is 12.1 Å². The predicted molar refractivity (Wildman–Crippen MR) is 84.7 cm³/mol. The van der Waals surface area contributed by atoms with Gasteiger partial charge in [0.15, 0.2) is 0 Å². The molecule has 0 aromatic rings. The number of hydrogen-bond acceptors (Lipinski definition) is 5. The molecule has 1 rings (SSSR count). The van der Waals surface area contributed by atoms with Crippen molar-refractivity contribution in [3.8, 4) is 0 Å². The smallest absolute Gasteiger partial charge is 0.410 e. The molecule has 6 nitrogen and oxygen atoms in total. The molecule has 1 N–H and O–H groups in total. The number of carbonyl (C=O) groups excluding carboxylic acids is 2. The van der Waals surface area contributed by atoms with Crippen LogP contribution in [0.3, 0.4) is 0 Å². The van der Waals surface area contributed by atoms with Gasteiger partial charge in [-0.2, -0.15) is 0 Å². The van der Waals surface area contributed by atoms with Crippen molar-refractivity contribution in [1.29, 1.82) is 0 Å². The van der Waals surface area contributed by atoms with Gasteiger partial charge in [0.1, 0.15) is 5.60 Å². The average Bonchev–Trinajstić information content (AvgIpc) is 2.42. The maximum absolute atomic E-state index is 12.1. The number of carbonyl (C=O) groups is 2. The van der Waals surface area contributed by atoms with Crippen LogP contribution in [0.4, 0.5) is 4.79 Å². The van der Waals surface area contributed by atoms with Gasteiger partial charge >= 0.3 is 12.1 Å². The highest BCUT2D eigenvalue weighted by Gasteiger charge is 2.27. The molecule has 0 aromatic carbocycles. The second kappa shape index (κ2) is 8.98. The fourth-order valence-corrected chi connectivity index (χ4v) is 2.45. The normalized spacial score (nSPS) is 18.9. The van der Waals surface area contributed by atoms with Crippen molar-refractivity contribution in [3.05, 3.63) is 0 Å². The summed E-state index contributed by atoms with van der Waals surface area (Å²) in [6.07, 6.45) is 2.23. The van der Waals surface area contributed by atoms with Crippen LogP contribution >= 0.6 is 0 Å². The number of likely N-dealkylation sites (tertiary alicyclic amines) is 1. The molecule has 0 aliphatic carbocycles. The summed E-state index contributed by atoms with van der Waals surface area (Å²) in [6, 6.07) is 0. The lowest BCUT2D eigenvalue weighted by atomic mass is 9.98. The van der Waals surface area contributed by atoms with Gasteiger partial charge in [0, 0.05) is 19.6 Å². The molecule has 1 heterocycles. The highest BCUT2D eigenvalue weighted by atomic mass is 16.6. The maximum atomic E-state index is 12.1. The van der Waals surface area contributed by atoms with Gasteiger partial charge in [-0.3, -0.25) is 4.79 Å². The average molecular weight is 314 g/mol. The molecule has 1 aliphatic rings. The Hall–Kier alpha value is -1.30. The van der Waals surface area contributed by atoms with Crippen LogP contribution in [-0.2, 0) is 14.3 Å².